The highest BCUT2D eigenvalue weighted by molar-refractivity contribution is 5.84. The van der Waals surface area contributed by atoms with Crippen molar-refractivity contribution < 1.29 is 18.7 Å². The number of benzene rings is 1. The Morgan fingerprint density at radius 1 is 1.50 bits per heavy atom. The molecule has 0 saturated heterocycles. The molecule has 0 unspecified atom stereocenters. The van der Waals surface area contributed by atoms with Crippen molar-refractivity contribution in [3.05, 3.63) is 23.5 Å². The smallest absolute Gasteiger partial charge is 0.174 e. The van der Waals surface area contributed by atoms with Crippen molar-refractivity contribution in [3.8, 4) is 11.5 Å². The highest BCUT2D eigenvalue weighted by Crippen LogP contribution is 2.30. The number of rotatable bonds is 1. The topological polar surface area (TPSA) is 35.5 Å². The van der Waals surface area contributed by atoms with Crippen molar-refractivity contribution in [1.29, 1.82) is 0 Å². The highest BCUT2D eigenvalue weighted by Gasteiger charge is 2.19. The lowest BCUT2D eigenvalue weighted by Crippen LogP contribution is -2.20. The van der Waals surface area contributed by atoms with Crippen molar-refractivity contribution >= 4 is 5.78 Å². The van der Waals surface area contributed by atoms with Crippen LogP contribution in [0.2, 0.25) is 0 Å². The Labute approximate surface area is 80.4 Å². The SMILES string of the molecule is COc1cc2c(cc1F)OCC(=O)C2. The molecule has 1 aliphatic rings. The molecule has 0 atom stereocenters. The molecule has 0 aromatic heterocycles. The number of Topliss-reactive ketones (excluding diaryl/α,β-unsaturated/α-hetero) is 1. The van der Waals surface area contributed by atoms with E-state index in [1.807, 2.05) is 0 Å². The van der Waals surface area contributed by atoms with E-state index in [-0.39, 0.29) is 24.6 Å². The van der Waals surface area contributed by atoms with E-state index in [0.29, 0.717) is 11.3 Å². The summed E-state index contributed by atoms with van der Waals surface area (Å²) in [5.74, 6) is 0.0942. The lowest BCUT2D eigenvalue weighted by molar-refractivity contribution is -0.121. The van der Waals surface area contributed by atoms with Gasteiger partial charge in [-0.1, -0.05) is 0 Å². The molecule has 0 spiro atoms. The Hall–Kier alpha value is -1.58. The molecular weight excluding hydrogens is 187 g/mol. The molecule has 2 rings (SSSR count). The molecule has 4 heteroatoms. The van der Waals surface area contributed by atoms with E-state index < -0.39 is 5.82 Å². The van der Waals surface area contributed by atoms with Gasteiger partial charge in [0.05, 0.1) is 7.11 Å². The van der Waals surface area contributed by atoms with E-state index in [1.165, 1.54) is 19.2 Å². The summed E-state index contributed by atoms with van der Waals surface area (Å²) in [5.41, 5.74) is 0.680. The number of halogens is 1. The van der Waals surface area contributed by atoms with Gasteiger partial charge in [-0.15, -0.1) is 0 Å². The first kappa shape index (κ1) is 8.99. The first-order valence-electron chi connectivity index (χ1n) is 4.21. The zero-order valence-corrected chi connectivity index (χ0v) is 7.67. The third-order valence-corrected chi connectivity index (χ3v) is 2.11. The predicted molar refractivity (Wildman–Crippen MR) is 47.2 cm³/mol. The molecule has 1 aromatic rings. The van der Waals surface area contributed by atoms with Crippen LogP contribution in [0.4, 0.5) is 4.39 Å². The van der Waals surface area contributed by atoms with Gasteiger partial charge in [0, 0.05) is 18.1 Å². The summed E-state index contributed by atoms with van der Waals surface area (Å²) in [7, 11) is 1.39. The predicted octanol–water partition coefficient (Wildman–Crippen LogP) is 1.34. The number of hydrogen-bond acceptors (Lipinski definition) is 3. The molecule has 0 N–H and O–H groups in total. The number of carbonyl (C=O) groups excluding carboxylic acids is 1. The minimum absolute atomic E-state index is 0.00818. The van der Waals surface area contributed by atoms with Gasteiger partial charge in [0.15, 0.2) is 17.3 Å². The van der Waals surface area contributed by atoms with E-state index in [0.717, 1.165) is 0 Å². The lowest BCUT2D eigenvalue weighted by Gasteiger charge is -2.17. The Morgan fingerprint density at radius 2 is 2.29 bits per heavy atom. The van der Waals surface area contributed by atoms with Gasteiger partial charge in [0.2, 0.25) is 0 Å². The first-order chi connectivity index (χ1) is 6.70. The van der Waals surface area contributed by atoms with E-state index in [1.54, 1.807) is 0 Å². The van der Waals surface area contributed by atoms with Crippen LogP contribution in [0.3, 0.4) is 0 Å². The van der Waals surface area contributed by atoms with Crippen LogP contribution in [-0.2, 0) is 11.2 Å². The molecule has 3 nitrogen and oxygen atoms in total. The molecule has 14 heavy (non-hydrogen) atoms. The number of methoxy groups -OCH3 is 1. The second kappa shape index (κ2) is 3.29. The van der Waals surface area contributed by atoms with Crippen LogP contribution in [-0.4, -0.2) is 19.5 Å². The zero-order chi connectivity index (χ0) is 10.1. The van der Waals surface area contributed by atoms with Gasteiger partial charge in [-0.3, -0.25) is 4.79 Å². The first-order valence-corrected chi connectivity index (χ1v) is 4.21. The second-order valence-electron chi connectivity index (χ2n) is 3.10. The van der Waals surface area contributed by atoms with Gasteiger partial charge in [-0.05, 0) is 6.07 Å². The third-order valence-electron chi connectivity index (χ3n) is 2.11. The van der Waals surface area contributed by atoms with E-state index in [4.69, 9.17) is 9.47 Å². The van der Waals surface area contributed by atoms with Gasteiger partial charge in [-0.25, -0.2) is 4.39 Å². The maximum atomic E-state index is 13.2. The summed E-state index contributed by atoms with van der Waals surface area (Å²) in [4.78, 5) is 11.1. The number of hydrogen-bond donors (Lipinski definition) is 0. The maximum Gasteiger partial charge on any atom is 0.174 e. The second-order valence-corrected chi connectivity index (χ2v) is 3.10. The van der Waals surface area contributed by atoms with Crippen LogP contribution in [0.1, 0.15) is 5.56 Å². The highest BCUT2D eigenvalue weighted by atomic mass is 19.1. The van der Waals surface area contributed by atoms with Crippen molar-refractivity contribution in [2.45, 2.75) is 6.42 Å². The summed E-state index contributed by atoms with van der Waals surface area (Å²) < 4.78 is 23.1. The van der Waals surface area contributed by atoms with Gasteiger partial charge in [-0.2, -0.15) is 0 Å². The molecule has 1 aromatic carbocycles. The minimum Gasteiger partial charge on any atom is -0.494 e. The van der Waals surface area contributed by atoms with Gasteiger partial charge >= 0.3 is 0 Å². The summed E-state index contributed by atoms with van der Waals surface area (Å²) >= 11 is 0. The van der Waals surface area contributed by atoms with Crippen LogP contribution < -0.4 is 9.47 Å². The average Bonchev–Trinajstić information content (AvgIpc) is 2.17. The summed E-state index contributed by atoms with van der Waals surface area (Å²) in [6, 6.07) is 2.75. The molecule has 1 aliphatic heterocycles. The molecule has 0 amide bonds. The molecule has 74 valence electrons. The monoisotopic (exact) mass is 196 g/mol. The summed E-state index contributed by atoms with van der Waals surface area (Å²) in [6.45, 7) is 0.0266. The summed E-state index contributed by atoms with van der Waals surface area (Å²) in [6.07, 6.45) is 0.284. The Bertz CT molecular complexity index is 387. The number of ether oxygens (including phenoxy) is 2. The molecular formula is C10H9FO3. The van der Waals surface area contributed by atoms with E-state index in [9.17, 15) is 9.18 Å². The molecule has 0 saturated carbocycles. The number of ketones is 1. The Morgan fingerprint density at radius 3 is 3.00 bits per heavy atom. The fourth-order valence-electron chi connectivity index (χ4n) is 1.43. The Balaban J connectivity index is 2.46. The standard InChI is InChI=1S/C10H9FO3/c1-13-10-3-6-2-7(12)5-14-9(6)4-8(10)11/h3-4H,2,5H2,1H3. The molecule has 0 bridgehead atoms. The van der Waals surface area contributed by atoms with Crippen LogP contribution in [0.25, 0.3) is 0 Å². The van der Waals surface area contributed by atoms with Crippen LogP contribution in [0.15, 0.2) is 12.1 Å². The van der Waals surface area contributed by atoms with Crippen LogP contribution >= 0.6 is 0 Å². The van der Waals surface area contributed by atoms with Crippen LogP contribution in [0, 0.1) is 5.82 Å². The number of fused-ring (bicyclic) bond motifs is 1. The fraction of sp³-hybridized carbons (Fsp3) is 0.300. The quantitative estimate of drug-likeness (QED) is 0.679. The largest absolute Gasteiger partial charge is 0.494 e. The normalized spacial score (nSPS) is 14.6. The van der Waals surface area contributed by atoms with Gasteiger partial charge in [0.1, 0.15) is 12.4 Å². The summed E-state index contributed by atoms with van der Waals surface area (Å²) in [5, 5.41) is 0. The lowest BCUT2D eigenvalue weighted by atomic mass is 10.1. The maximum absolute atomic E-state index is 13.2. The zero-order valence-electron chi connectivity index (χ0n) is 7.67. The molecule has 1 heterocycles. The van der Waals surface area contributed by atoms with Crippen molar-refractivity contribution in [1.82, 2.24) is 0 Å². The van der Waals surface area contributed by atoms with Crippen molar-refractivity contribution in [3.63, 3.8) is 0 Å². The van der Waals surface area contributed by atoms with Crippen molar-refractivity contribution in [2.24, 2.45) is 0 Å². The van der Waals surface area contributed by atoms with Gasteiger partial charge in [0.25, 0.3) is 0 Å². The molecule has 0 fully saturated rings. The number of carbonyl (C=O) groups is 1. The van der Waals surface area contributed by atoms with E-state index >= 15 is 0 Å². The van der Waals surface area contributed by atoms with E-state index in [2.05, 4.69) is 0 Å². The van der Waals surface area contributed by atoms with Gasteiger partial charge < -0.3 is 9.47 Å². The van der Waals surface area contributed by atoms with Crippen molar-refractivity contribution in [2.75, 3.05) is 13.7 Å². The molecule has 0 aliphatic carbocycles. The fourth-order valence-corrected chi connectivity index (χ4v) is 1.43. The average molecular weight is 196 g/mol. The van der Waals surface area contributed by atoms with Crippen LogP contribution in [0.5, 0.6) is 11.5 Å². The minimum atomic E-state index is -0.472. The third kappa shape index (κ3) is 1.43. The molecule has 0 radical (unpaired) electrons. The Kier molecular flexibility index (Phi) is 2.11.